The number of para-hydroxylation sites is 1. The van der Waals surface area contributed by atoms with Crippen molar-refractivity contribution in [3.8, 4) is 11.1 Å². The van der Waals surface area contributed by atoms with Crippen molar-refractivity contribution in [2.45, 2.75) is 12.7 Å². The normalized spacial score (nSPS) is 25.0. The van der Waals surface area contributed by atoms with Gasteiger partial charge in [0.05, 0.1) is 60.9 Å². The molecule has 9 aromatic rings. The van der Waals surface area contributed by atoms with Crippen molar-refractivity contribution >= 4 is 66.4 Å². The number of nitrogens with zero attached hydrogens (tertiary/aromatic N) is 2. The van der Waals surface area contributed by atoms with Gasteiger partial charge in [-0.1, -0.05) is 158 Å². The van der Waals surface area contributed by atoms with Crippen LogP contribution in [0, 0.1) is 0 Å². The molecule has 0 bridgehead atoms. The van der Waals surface area contributed by atoms with Gasteiger partial charge in [0.25, 0.3) is 0 Å². The van der Waals surface area contributed by atoms with Crippen LogP contribution in [-0.4, -0.2) is 0 Å². The highest BCUT2D eigenvalue weighted by Gasteiger charge is 2.32. The molecule has 0 aromatic heterocycles. The molecule has 10 rings (SSSR count). The van der Waals surface area contributed by atoms with Crippen LogP contribution >= 0.6 is 0 Å². The zero-order chi connectivity index (χ0) is 65.9. The Morgan fingerprint density at radius 1 is 0.500 bits per heavy atom. The maximum Gasteiger partial charge on any atom is 0.0651 e. The molecule has 1 unspecified atom stereocenters. The summed E-state index contributed by atoms with van der Waals surface area (Å²) < 4.78 is 332. The molecule has 0 fully saturated rings. The summed E-state index contributed by atoms with van der Waals surface area (Å²) in [6.07, 6.45) is 0. The Kier molecular flexibility index (Phi) is 2.58. The van der Waals surface area contributed by atoms with Crippen LogP contribution in [0.3, 0.4) is 0 Å². The topological polar surface area (TPSA) is 6.48 Å². The molecule has 52 heavy (non-hydrogen) atoms. The van der Waals surface area contributed by atoms with Crippen LogP contribution in [-0.2, 0) is 0 Å². The number of hydrogen-bond donors (Lipinski definition) is 0. The van der Waals surface area contributed by atoms with E-state index in [1.54, 1.807) is 0 Å². The van der Waals surface area contributed by atoms with E-state index in [4.69, 9.17) is 26.0 Å². The smallest absolute Gasteiger partial charge is 0.0651 e. The molecular formula is C50H36N2. The Morgan fingerprint density at radius 3 is 1.96 bits per heavy atom. The van der Waals surface area contributed by atoms with Crippen molar-refractivity contribution in [1.29, 1.82) is 0 Å². The third-order valence-electron chi connectivity index (χ3n) is 8.04. The van der Waals surface area contributed by atoms with E-state index in [0.29, 0.717) is 4.90 Å². The van der Waals surface area contributed by atoms with Crippen LogP contribution in [0.25, 0.3) is 43.4 Å². The van der Waals surface area contributed by atoms with E-state index < -0.39 is 295 Å². The number of hydrogen-bond acceptors (Lipinski definition) is 2. The van der Waals surface area contributed by atoms with Crippen molar-refractivity contribution in [3.05, 3.63) is 204 Å². The molecule has 0 spiro atoms. The van der Waals surface area contributed by atoms with Gasteiger partial charge in [-0.15, -0.1) is 0 Å². The summed E-state index contributed by atoms with van der Waals surface area (Å²) in [5.41, 5.74) is -12.9. The Hall–Kier alpha value is -6.64. The van der Waals surface area contributed by atoms with E-state index in [0.717, 1.165) is 0 Å². The predicted octanol–water partition coefficient (Wildman–Crippen LogP) is 14.2. The van der Waals surface area contributed by atoms with Gasteiger partial charge in [0.15, 0.2) is 0 Å². The average Bonchev–Trinajstić information content (AvgIpc) is 0.688. The summed E-state index contributed by atoms with van der Waals surface area (Å²) in [5, 5.41) is -5.59. The first-order valence-corrected chi connectivity index (χ1v) is 15.1. The van der Waals surface area contributed by atoms with Gasteiger partial charge < -0.3 is 9.80 Å². The minimum atomic E-state index is -4.16. The summed E-state index contributed by atoms with van der Waals surface area (Å²) in [4.78, 5) is 0.568. The van der Waals surface area contributed by atoms with Crippen LogP contribution in [0.5, 0.6) is 0 Å². The molecule has 0 radical (unpaired) electrons. The number of fused-ring (bicyclic) bond motifs is 5. The molecule has 2 heteroatoms. The van der Waals surface area contributed by atoms with Gasteiger partial charge in [-0.25, -0.2) is 0 Å². The molecule has 9 aromatic carbocycles. The van der Waals surface area contributed by atoms with E-state index in [1.807, 2.05) is 0 Å². The lowest BCUT2D eigenvalue weighted by Crippen LogP contribution is -2.22. The largest absolute Gasteiger partial charge is 0.310 e. The minimum absolute atomic E-state index is 0.218. The van der Waals surface area contributed by atoms with Crippen LogP contribution in [0.15, 0.2) is 193 Å². The lowest BCUT2D eigenvalue weighted by molar-refractivity contribution is 0.892. The Labute approximate surface area is 355 Å². The van der Waals surface area contributed by atoms with Gasteiger partial charge in [0.2, 0.25) is 0 Å². The first-order chi connectivity index (χ1) is 40.6. The van der Waals surface area contributed by atoms with Gasteiger partial charge in [0, 0.05) is 44.8 Å². The maximum absolute atomic E-state index is 10.5. The van der Waals surface area contributed by atoms with Crippen molar-refractivity contribution in [1.82, 2.24) is 0 Å². The quantitative estimate of drug-likeness (QED) is 0.176. The minimum Gasteiger partial charge on any atom is -0.310 e. The number of benzene rings is 9. The van der Waals surface area contributed by atoms with E-state index in [-0.39, 0.29) is 4.90 Å². The summed E-state index contributed by atoms with van der Waals surface area (Å²) in [6.45, 7) is -4.16. The van der Waals surface area contributed by atoms with Gasteiger partial charge in [-0.05, 0) is 80.5 Å². The fourth-order valence-corrected chi connectivity index (χ4v) is 5.82. The van der Waals surface area contributed by atoms with Crippen LogP contribution in [0.4, 0.5) is 34.1 Å². The third-order valence-corrected chi connectivity index (χ3v) is 8.04. The Balaban J connectivity index is 1.58. The molecule has 0 N–H and O–H groups in total. The fourth-order valence-electron chi connectivity index (χ4n) is 5.82. The van der Waals surface area contributed by atoms with E-state index in [9.17, 15) is 23.3 Å². The van der Waals surface area contributed by atoms with Gasteiger partial charge in [0.1, 0.15) is 0 Å². The summed E-state index contributed by atoms with van der Waals surface area (Å²) >= 11 is 0. The van der Waals surface area contributed by atoms with Gasteiger partial charge in [-0.3, -0.25) is 0 Å². The van der Waals surface area contributed by atoms with Crippen molar-refractivity contribution < 1.29 is 49.3 Å². The number of rotatable bonds is 5. The average molecular weight is 701 g/mol. The van der Waals surface area contributed by atoms with E-state index >= 15 is 0 Å². The second-order valence-electron chi connectivity index (χ2n) is 10.9. The standard InChI is InChI=1S/C50H36N2/c1-34-42-21-11-12-24-47(42)52(50-44-23-10-8-18-38(44)27-30-45(50)37-15-3-2-4-16-37)49-31-29-41(33-46(34)49)51(40-28-26-35-14-5-6-19-39(35)32-40)48-25-13-20-36-17-7-9-22-43(36)48/h2-34H,1H3/i1D3,2D,3D,4D,5D,6D,7D,8D,9D,10D,11D,12D,13D,14D,15D,16D,17D,18D,19D,20D,21D,22D,23D,24D,25D,26D,27D,28D,29D,30D,31D,32D,33D,34D. The molecule has 0 aliphatic carbocycles. The molecule has 2 nitrogen and oxygen atoms in total. The summed E-state index contributed by atoms with van der Waals surface area (Å²) in [7, 11) is 0. The van der Waals surface area contributed by atoms with Crippen molar-refractivity contribution in [2.75, 3.05) is 9.80 Å². The highest BCUT2D eigenvalue weighted by molar-refractivity contribution is 6.08. The fraction of sp³-hybridized carbons (Fsp3) is 0.0400. The molecule has 1 aliphatic rings. The molecule has 0 saturated carbocycles. The first kappa shape index (κ1) is 10.9. The maximum atomic E-state index is 10.5. The second-order valence-corrected chi connectivity index (χ2v) is 10.9. The summed E-state index contributed by atoms with van der Waals surface area (Å²) in [6, 6.07) is -38.9. The lowest BCUT2D eigenvalue weighted by atomic mass is 9.84. The third kappa shape index (κ3) is 4.87. The molecule has 0 saturated heterocycles. The first-order valence-electron chi connectivity index (χ1n) is 33.1. The van der Waals surface area contributed by atoms with Crippen LogP contribution in [0.2, 0.25) is 0 Å². The molecule has 1 atom stereocenters. The monoisotopic (exact) mass is 701 g/mol. The SMILES string of the molecule is [2H]c1c([2H])c([2H])c(-c2c([2H])c([2H])c3c([2H])c([2H])c([2H])c([2H])c3c2N2c3c([2H])c([2H])c([2H])c([2H])c3C([2H])(C([2H])([2H])[2H])c3c([2H])c(N(c4c([2H])c([2H])c5c([2H])c([2H])c([2H])c([2H])c5c4[2H])c4c([2H])c([2H])c([2H])c5c([2H])c([2H])c([2H])c([2H])c45)c([2H])c([2H])c32)c([2H])c1[2H]. The molecule has 1 heterocycles. The predicted molar refractivity (Wildman–Crippen MR) is 221 cm³/mol. The molecule has 246 valence electrons. The highest BCUT2D eigenvalue weighted by atomic mass is 15.2. The van der Waals surface area contributed by atoms with Gasteiger partial charge >= 0.3 is 0 Å². The molecular weight excluding hydrogens is 629 g/mol. The lowest BCUT2D eigenvalue weighted by Gasteiger charge is -2.39. The zero-order valence-corrected chi connectivity index (χ0v) is 25.9. The van der Waals surface area contributed by atoms with E-state index in [1.165, 1.54) is 0 Å². The van der Waals surface area contributed by atoms with Crippen molar-refractivity contribution in [3.63, 3.8) is 0 Å². The Morgan fingerprint density at radius 2 is 1.12 bits per heavy atom. The van der Waals surface area contributed by atoms with E-state index in [2.05, 4.69) is 0 Å². The Bertz CT molecular complexity index is 4750. The molecule has 1 aliphatic heterocycles. The zero-order valence-electron chi connectivity index (χ0n) is 61.9. The summed E-state index contributed by atoms with van der Waals surface area (Å²) in [5.74, 6) is -4.01. The van der Waals surface area contributed by atoms with Crippen LogP contribution in [0.1, 0.15) is 73.2 Å². The molecule has 0 amide bonds. The highest BCUT2D eigenvalue weighted by Crippen LogP contribution is 2.54. The van der Waals surface area contributed by atoms with Crippen LogP contribution < -0.4 is 9.80 Å². The van der Waals surface area contributed by atoms with Gasteiger partial charge in [-0.2, -0.15) is 0 Å². The van der Waals surface area contributed by atoms with Crippen molar-refractivity contribution in [2.24, 2.45) is 0 Å². The number of anilines is 6. The second kappa shape index (κ2) is 12.3.